The molecule has 0 unspecified atom stereocenters. The smallest absolute Gasteiger partial charge is 0.545 e. The van der Waals surface area contributed by atoms with E-state index in [9.17, 15) is 28.2 Å². The molecule has 2 aromatic carbocycles. The molecule has 3 rings (SSSR count). The Hall–Kier alpha value is -0.0373. The summed E-state index contributed by atoms with van der Waals surface area (Å²) in [6, 6.07) is 8.53. The minimum absolute atomic E-state index is 0. The van der Waals surface area contributed by atoms with Gasteiger partial charge in [-0.1, -0.05) is 23.5 Å². The Morgan fingerprint density at radius 1 is 0.933 bits per heavy atom. The van der Waals surface area contributed by atoms with Crippen LogP contribution in [0.2, 0.25) is 0 Å². The number of hydrogen-bond acceptors (Lipinski definition) is 9. The normalized spacial score (nSPS) is 10.4. The molecule has 9 nitrogen and oxygen atoms in total. The standard InChI is InChI=1S/C17H13N3O6S2.2K/c1-9-18-19-15(27-9)10-2-4-14(5-3-10)28(25,26)20-13-7-11(16(21)22)6-12(8-13)17(23)24;;/h2-8,20H,1H3,(H,21,22)(H,23,24);;/q;2*+1/p-2. The Bertz CT molecular complexity index is 1150. The second-order valence-electron chi connectivity index (χ2n) is 5.63. The third-order valence-corrected chi connectivity index (χ3v) is 5.88. The molecule has 0 aliphatic heterocycles. The number of sulfonamides is 1. The number of nitrogens with one attached hydrogen (secondary N) is 1. The first-order chi connectivity index (χ1) is 13.2. The molecule has 1 N–H and O–H groups in total. The van der Waals surface area contributed by atoms with Gasteiger partial charge in [-0.3, -0.25) is 4.72 Å². The number of aromatic nitrogens is 2. The van der Waals surface area contributed by atoms with Crippen LogP contribution in [0.5, 0.6) is 0 Å². The Morgan fingerprint density at radius 3 is 1.90 bits per heavy atom. The molecule has 144 valence electrons. The molecule has 0 bridgehead atoms. The Kier molecular flexibility index (Phi) is 10.9. The second-order valence-corrected chi connectivity index (χ2v) is 8.49. The van der Waals surface area contributed by atoms with E-state index in [2.05, 4.69) is 14.9 Å². The summed E-state index contributed by atoms with van der Waals surface area (Å²) in [6.07, 6.45) is 0. The van der Waals surface area contributed by atoms with Crippen molar-refractivity contribution < 1.29 is 131 Å². The Morgan fingerprint density at radius 2 is 1.47 bits per heavy atom. The first-order valence-electron chi connectivity index (χ1n) is 7.67. The Labute approximate surface area is 261 Å². The molecule has 0 amide bonds. The number of carbonyl (C=O) groups excluding carboxylic acids is 2. The predicted molar refractivity (Wildman–Crippen MR) is 96.0 cm³/mol. The molecule has 0 aliphatic rings. The van der Waals surface area contributed by atoms with Crippen molar-refractivity contribution in [2.45, 2.75) is 11.8 Å². The van der Waals surface area contributed by atoms with Gasteiger partial charge in [-0.15, -0.1) is 10.2 Å². The third kappa shape index (κ3) is 6.98. The van der Waals surface area contributed by atoms with Crippen LogP contribution in [0.25, 0.3) is 10.6 Å². The van der Waals surface area contributed by atoms with Gasteiger partial charge in [0, 0.05) is 5.56 Å². The van der Waals surface area contributed by atoms with E-state index >= 15 is 0 Å². The maximum Gasteiger partial charge on any atom is 1.00 e. The summed E-state index contributed by atoms with van der Waals surface area (Å²) in [5.74, 6) is -3.31. The molecule has 0 saturated carbocycles. The molecule has 1 aromatic heterocycles. The number of aromatic carboxylic acids is 2. The average Bonchev–Trinajstić information content (AvgIpc) is 3.07. The van der Waals surface area contributed by atoms with Crippen molar-refractivity contribution in [2.75, 3.05) is 4.72 Å². The van der Waals surface area contributed by atoms with Crippen LogP contribution in [0.1, 0.15) is 25.7 Å². The number of benzene rings is 2. The summed E-state index contributed by atoms with van der Waals surface area (Å²) in [7, 11) is -4.10. The van der Waals surface area contributed by atoms with Gasteiger partial charge < -0.3 is 19.8 Å². The number of carboxylic acids is 2. The van der Waals surface area contributed by atoms with Crippen LogP contribution in [0.4, 0.5) is 5.69 Å². The number of aryl methyl sites for hydroxylation is 1. The van der Waals surface area contributed by atoms with Gasteiger partial charge in [0.2, 0.25) is 0 Å². The van der Waals surface area contributed by atoms with Gasteiger partial charge in [-0.05, 0) is 48.4 Å². The van der Waals surface area contributed by atoms with Gasteiger partial charge in [-0.25, -0.2) is 8.42 Å². The summed E-state index contributed by atoms with van der Waals surface area (Å²) in [4.78, 5) is 21.9. The topological polar surface area (TPSA) is 152 Å². The van der Waals surface area contributed by atoms with Crippen LogP contribution in [-0.4, -0.2) is 30.6 Å². The summed E-state index contributed by atoms with van der Waals surface area (Å²) in [5, 5.41) is 31.3. The van der Waals surface area contributed by atoms with Crippen molar-refractivity contribution in [2.24, 2.45) is 0 Å². The number of anilines is 1. The number of nitrogens with zero attached hydrogens (tertiary/aromatic N) is 2. The molecule has 3 aromatic rings. The van der Waals surface area contributed by atoms with Crippen molar-refractivity contribution in [3.05, 3.63) is 58.6 Å². The zero-order chi connectivity index (χ0) is 20.5. The van der Waals surface area contributed by atoms with Crippen LogP contribution in [-0.2, 0) is 10.0 Å². The van der Waals surface area contributed by atoms with Crippen molar-refractivity contribution in [3.8, 4) is 10.6 Å². The molecule has 0 spiro atoms. The van der Waals surface area contributed by atoms with E-state index in [1.807, 2.05) is 0 Å². The van der Waals surface area contributed by atoms with Gasteiger partial charge >= 0.3 is 103 Å². The first-order valence-corrected chi connectivity index (χ1v) is 9.97. The van der Waals surface area contributed by atoms with E-state index in [-0.39, 0.29) is 113 Å². The summed E-state index contributed by atoms with van der Waals surface area (Å²) < 4.78 is 27.3. The fourth-order valence-corrected chi connectivity index (χ4v) is 4.06. The summed E-state index contributed by atoms with van der Waals surface area (Å²) >= 11 is 1.36. The maximum absolute atomic E-state index is 12.6. The molecule has 0 aliphatic carbocycles. The quantitative estimate of drug-likeness (QED) is 0.332. The molecule has 0 fully saturated rings. The molecule has 0 saturated heterocycles. The van der Waals surface area contributed by atoms with Gasteiger partial charge in [0.25, 0.3) is 10.0 Å². The van der Waals surface area contributed by atoms with E-state index in [0.29, 0.717) is 10.6 Å². The van der Waals surface area contributed by atoms with E-state index in [0.717, 1.165) is 23.2 Å². The fourth-order valence-electron chi connectivity index (χ4n) is 2.33. The van der Waals surface area contributed by atoms with Crippen molar-refractivity contribution in [3.63, 3.8) is 0 Å². The average molecular weight is 496 g/mol. The van der Waals surface area contributed by atoms with Crippen molar-refractivity contribution in [1.29, 1.82) is 0 Å². The zero-order valence-corrected chi connectivity index (χ0v) is 24.1. The minimum Gasteiger partial charge on any atom is -0.545 e. The number of rotatable bonds is 6. The summed E-state index contributed by atoms with van der Waals surface area (Å²) in [5.41, 5.74) is -0.560. The molecular formula is C17H11K2N3O6S2. The summed E-state index contributed by atoms with van der Waals surface area (Å²) in [6.45, 7) is 1.80. The molecule has 1 heterocycles. The van der Waals surface area contributed by atoms with Crippen molar-refractivity contribution >= 4 is 39.0 Å². The molecule has 30 heavy (non-hydrogen) atoms. The van der Waals surface area contributed by atoms with Gasteiger partial charge in [0.15, 0.2) is 0 Å². The van der Waals surface area contributed by atoms with Gasteiger partial charge in [-0.2, -0.15) is 0 Å². The Balaban J connectivity index is 0.00000225. The molecule has 0 radical (unpaired) electrons. The van der Waals surface area contributed by atoms with Crippen LogP contribution < -0.4 is 118 Å². The monoisotopic (exact) mass is 495 g/mol. The van der Waals surface area contributed by atoms with Crippen molar-refractivity contribution in [1.82, 2.24) is 10.2 Å². The first kappa shape index (κ1) is 28.0. The predicted octanol–water partition coefficient (Wildman–Crippen LogP) is -5.95. The molecular weight excluding hydrogens is 485 g/mol. The van der Waals surface area contributed by atoms with Gasteiger partial charge in [0.05, 0.1) is 22.5 Å². The number of hydrogen-bond donors (Lipinski definition) is 1. The van der Waals surface area contributed by atoms with Crippen LogP contribution >= 0.6 is 11.3 Å². The SMILES string of the molecule is Cc1nnc(-c2ccc(S(=O)(=O)Nc3cc(C(=O)[O-])cc(C(=O)[O-])c3)cc2)s1.[K+].[K+]. The zero-order valence-electron chi connectivity index (χ0n) is 16.2. The van der Waals surface area contributed by atoms with Crippen LogP contribution in [0, 0.1) is 6.92 Å². The van der Waals surface area contributed by atoms with E-state index < -0.39 is 33.1 Å². The van der Waals surface area contributed by atoms with E-state index in [4.69, 9.17) is 0 Å². The second kappa shape index (κ2) is 11.7. The minimum atomic E-state index is -4.10. The van der Waals surface area contributed by atoms with E-state index in [1.54, 1.807) is 19.1 Å². The van der Waals surface area contributed by atoms with Crippen LogP contribution in [0.15, 0.2) is 47.4 Å². The maximum atomic E-state index is 12.6. The fraction of sp³-hybridized carbons (Fsp3) is 0.0588. The number of carboxylic acid groups (broad SMARTS) is 2. The largest absolute Gasteiger partial charge is 1.00 e. The van der Waals surface area contributed by atoms with E-state index in [1.165, 1.54) is 23.5 Å². The molecule has 13 heteroatoms. The van der Waals surface area contributed by atoms with Gasteiger partial charge in [0.1, 0.15) is 10.0 Å². The van der Waals surface area contributed by atoms with Crippen LogP contribution in [0.3, 0.4) is 0 Å². The third-order valence-electron chi connectivity index (χ3n) is 3.59. The molecule has 0 atom stereocenters. The number of carbonyl (C=O) groups is 2.